The number of fused-ring (bicyclic) bond motifs is 1. The van der Waals surface area contributed by atoms with Crippen molar-refractivity contribution < 1.29 is 19.0 Å². The van der Waals surface area contributed by atoms with Gasteiger partial charge in [-0.2, -0.15) is 0 Å². The smallest absolute Gasteiger partial charge is 0.243 e. The highest BCUT2D eigenvalue weighted by atomic mass is 35.5. The second kappa shape index (κ2) is 12.0. The number of nitrogens with zero attached hydrogens (tertiary/aromatic N) is 3. The zero-order valence-electron chi connectivity index (χ0n) is 23.4. The first-order chi connectivity index (χ1) is 19.0. The molecule has 3 aromatic rings. The maximum absolute atomic E-state index is 11.9. The minimum absolute atomic E-state index is 0.0253. The van der Waals surface area contributed by atoms with Gasteiger partial charge in [-0.3, -0.25) is 4.79 Å². The number of pyridine rings is 1. The van der Waals surface area contributed by atoms with Crippen LogP contribution in [0.1, 0.15) is 27.7 Å². The number of carbonyl (C=O) groups excluding carboxylic acids is 1. The molecule has 12 heteroatoms. The first-order valence-corrected chi connectivity index (χ1v) is 13.5. The quantitative estimate of drug-likeness (QED) is 0.284. The van der Waals surface area contributed by atoms with Crippen LogP contribution in [0.25, 0.3) is 22.2 Å². The van der Waals surface area contributed by atoms with Crippen molar-refractivity contribution in [3.8, 4) is 22.8 Å². The summed E-state index contributed by atoms with van der Waals surface area (Å²) in [6.45, 7) is 12.8. The predicted molar refractivity (Wildman–Crippen MR) is 159 cm³/mol. The van der Waals surface area contributed by atoms with E-state index in [0.29, 0.717) is 68.7 Å². The van der Waals surface area contributed by atoms with E-state index in [2.05, 4.69) is 55.2 Å². The molecule has 1 fully saturated rings. The molecule has 40 heavy (non-hydrogen) atoms. The average Bonchev–Trinajstić information content (AvgIpc) is 3.34. The molecule has 0 radical (unpaired) electrons. The molecule has 1 aromatic carbocycles. The normalized spacial score (nSPS) is 17.8. The van der Waals surface area contributed by atoms with Gasteiger partial charge in [-0.25, -0.2) is 15.0 Å². The summed E-state index contributed by atoms with van der Waals surface area (Å²) in [7, 11) is 3.05. The van der Waals surface area contributed by atoms with Gasteiger partial charge in [0, 0.05) is 29.3 Å². The fraction of sp³-hybridized carbons (Fsp3) is 0.429. The van der Waals surface area contributed by atoms with E-state index in [1.54, 1.807) is 12.3 Å². The maximum atomic E-state index is 11.9. The highest BCUT2D eigenvalue weighted by molar-refractivity contribution is 6.41. The summed E-state index contributed by atoms with van der Waals surface area (Å²) in [4.78, 5) is 26.1. The Hall–Kier alpha value is -3.34. The number of rotatable bonds is 9. The number of halogens is 2. The van der Waals surface area contributed by atoms with Crippen LogP contribution in [-0.2, 0) is 9.53 Å². The van der Waals surface area contributed by atoms with E-state index in [9.17, 15) is 4.79 Å². The summed E-state index contributed by atoms with van der Waals surface area (Å²) >= 11 is 13.5. The number of hydrogen-bond donors (Lipinski definition) is 3. The average molecular weight is 590 g/mol. The SMILES string of the molecule is C=CC(=O)N[C@H]1COC[C@H]1Nc1ncc2cc(-c3c(Cl)c(OC)cc(OC)c3Cl)nc(N[C@@H](C)C(C)(C)C)c2n1. The third-order valence-electron chi connectivity index (χ3n) is 6.96. The predicted octanol–water partition coefficient (Wildman–Crippen LogP) is 5.34. The zero-order chi connectivity index (χ0) is 29.2. The molecule has 0 bridgehead atoms. The van der Waals surface area contributed by atoms with E-state index in [-0.39, 0.29) is 29.4 Å². The van der Waals surface area contributed by atoms with E-state index in [1.807, 2.05) is 6.07 Å². The highest BCUT2D eigenvalue weighted by Gasteiger charge is 2.30. The molecule has 1 aliphatic heterocycles. The standard InChI is InChI=1S/C28H34Cl2N6O4/c1-8-21(37)33-17-12-40-13-18(17)35-27-31-11-15-9-16(22-23(29)19(38-6)10-20(39-7)24(22)30)34-26(25(15)36-27)32-14(2)28(3,4)5/h8-11,14,17-18H,1,12-13H2,2-7H3,(H,32,34)(H,33,37)(H,31,35,36)/t14-,17-,18+/m0/s1. The number of hydrogen-bond acceptors (Lipinski definition) is 9. The number of anilines is 2. The van der Waals surface area contributed by atoms with Crippen LogP contribution < -0.4 is 25.4 Å². The number of amides is 1. The minimum atomic E-state index is -0.271. The van der Waals surface area contributed by atoms with Gasteiger partial charge in [-0.05, 0) is 24.5 Å². The summed E-state index contributed by atoms with van der Waals surface area (Å²) in [6.07, 6.45) is 2.94. The number of aromatic nitrogens is 3. The Bertz CT molecular complexity index is 1400. The lowest BCUT2D eigenvalue weighted by atomic mass is 9.88. The van der Waals surface area contributed by atoms with Gasteiger partial charge in [-0.15, -0.1) is 0 Å². The van der Waals surface area contributed by atoms with E-state index in [4.69, 9.17) is 47.4 Å². The number of nitrogens with one attached hydrogen (secondary N) is 3. The van der Waals surface area contributed by atoms with Gasteiger partial charge in [0.05, 0.1) is 55.3 Å². The van der Waals surface area contributed by atoms with Crippen LogP contribution in [0.2, 0.25) is 10.0 Å². The summed E-state index contributed by atoms with van der Waals surface area (Å²) in [5, 5.41) is 11.0. The van der Waals surface area contributed by atoms with Crippen LogP contribution in [0.4, 0.5) is 11.8 Å². The molecule has 0 spiro atoms. The molecule has 4 rings (SSSR count). The van der Waals surface area contributed by atoms with Gasteiger partial charge in [0.15, 0.2) is 5.82 Å². The maximum Gasteiger partial charge on any atom is 0.243 e. The lowest BCUT2D eigenvalue weighted by Crippen LogP contribution is -2.45. The molecule has 10 nitrogen and oxygen atoms in total. The molecule has 3 N–H and O–H groups in total. The van der Waals surface area contributed by atoms with Crippen molar-refractivity contribution in [3.05, 3.63) is 41.0 Å². The Morgan fingerprint density at radius 1 is 1.12 bits per heavy atom. The van der Waals surface area contributed by atoms with Gasteiger partial charge < -0.3 is 30.2 Å². The van der Waals surface area contributed by atoms with Gasteiger partial charge in [-0.1, -0.05) is 50.6 Å². The summed E-state index contributed by atoms with van der Waals surface area (Å²) < 4.78 is 16.5. The topological polar surface area (TPSA) is 120 Å². The number of ether oxygens (including phenoxy) is 3. The Kier molecular flexibility index (Phi) is 8.92. The molecular formula is C28H34Cl2N6O4. The van der Waals surface area contributed by atoms with Gasteiger partial charge in [0.1, 0.15) is 17.0 Å². The first kappa shape index (κ1) is 29.6. The van der Waals surface area contributed by atoms with Crippen molar-refractivity contribution >= 4 is 51.8 Å². The fourth-order valence-corrected chi connectivity index (χ4v) is 4.81. The van der Waals surface area contributed by atoms with Gasteiger partial charge in [0.2, 0.25) is 11.9 Å². The lowest BCUT2D eigenvalue weighted by Gasteiger charge is -2.29. The van der Waals surface area contributed by atoms with Crippen LogP contribution in [0.5, 0.6) is 11.5 Å². The first-order valence-electron chi connectivity index (χ1n) is 12.8. The summed E-state index contributed by atoms with van der Waals surface area (Å²) in [5.41, 5.74) is 1.50. The zero-order valence-corrected chi connectivity index (χ0v) is 24.9. The van der Waals surface area contributed by atoms with E-state index in [0.717, 1.165) is 0 Å². The second-order valence-corrected chi connectivity index (χ2v) is 11.4. The van der Waals surface area contributed by atoms with E-state index in [1.165, 1.54) is 20.3 Å². The fourth-order valence-electron chi connectivity index (χ4n) is 4.12. The van der Waals surface area contributed by atoms with Crippen molar-refractivity contribution in [3.63, 3.8) is 0 Å². The number of benzene rings is 1. The third kappa shape index (κ3) is 6.19. The summed E-state index contributed by atoms with van der Waals surface area (Å²) in [6, 6.07) is 3.01. The molecule has 3 heterocycles. The Labute approximate surface area is 243 Å². The molecule has 1 aliphatic rings. The molecule has 1 amide bonds. The molecule has 3 atom stereocenters. The number of carbonyl (C=O) groups is 1. The van der Waals surface area contributed by atoms with Crippen LogP contribution in [-0.4, -0.2) is 66.4 Å². The highest BCUT2D eigenvalue weighted by Crippen LogP contribution is 2.46. The largest absolute Gasteiger partial charge is 0.495 e. The van der Waals surface area contributed by atoms with Crippen LogP contribution in [0.15, 0.2) is 31.0 Å². The molecule has 2 aromatic heterocycles. The molecule has 1 saturated heterocycles. The van der Waals surface area contributed by atoms with Crippen molar-refractivity contribution in [2.24, 2.45) is 5.41 Å². The number of methoxy groups -OCH3 is 2. The Morgan fingerprint density at radius 3 is 2.38 bits per heavy atom. The second-order valence-electron chi connectivity index (χ2n) is 10.6. The third-order valence-corrected chi connectivity index (χ3v) is 7.71. The van der Waals surface area contributed by atoms with Crippen LogP contribution >= 0.6 is 23.2 Å². The van der Waals surface area contributed by atoms with Crippen LogP contribution in [0, 0.1) is 5.41 Å². The van der Waals surface area contributed by atoms with E-state index >= 15 is 0 Å². The van der Waals surface area contributed by atoms with Crippen molar-refractivity contribution in [2.75, 3.05) is 38.1 Å². The molecule has 0 aliphatic carbocycles. The molecular weight excluding hydrogens is 555 g/mol. The lowest BCUT2D eigenvalue weighted by molar-refractivity contribution is -0.117. The minimum Gasteiger partial charge on any atom is -0.495 e. The van der Waals surface area contributed by atoms with Gasteiger partial charge in [0.25, 0.3) is 0 Å². The Morgan fingerprint density at radius 2 is 1.77 bits per heavy atom. The van der Waals surface area contributed by atoms with Crippen molar-refractivity contribution in [1.82, 2.24) is 20.3 Å². The van der Waals surface area contributed by atoms with Crippen molar-refractivity contribution in [2.45, 2.75) is 45.8 Å². The van der Waals surface area contributed by atoms with Crippen molar-refractivity contribution in [1.29, 1.82) is 0 Å². The monoisotopic (exact) mass is 588 g/mol. The van der Waals surface area contributed by atoms with Gasteiger partial charge >= 0.3 is 0 Å². The molecule has 0 saturated carbocycles. The summed E-state index contributed by atoms with van der Waals surface area (Å²) in [5.74, 6) is 1.46. The van der Waals surface area contributed by atoms with Crippen LogP contribution in [0.3, 0.4) is 0 Å². The Balaban J connectivity index is 1.82. The van der Waals surface area contributed by atoms with E-state index < -0.39 is 0 Å². The molecule has 214 valence electrons. The molecule has 0 unspecified atom stereocenters.